The molecule has 0 bridgehead atoms. The Hall–Kier alpha value is -4.62. The van der Waals surface area contributed by atoms with E-state index in [1.165, 1.54) is 11.8 Å². The number of hydrogen-bond acceptors (Lipinski definition) is 4. The summed E-state index contributed by atoms with van der Waals surface area (Å²) < 4.78 is 0. The first-order chi connectivity index (χ1) is 18.9. The second-order valence-electron chi connectivity index (χ2n) is 8.89. The van der Waals surface area contributed by atoms with Crippen molar-refractivity contribution >= 4 is 46.9 Å². The monoisotopic (exact) mass is 535 g/mol. The van der Waals surface area contributed by atoms with Gasteiger partial charge < -0.3 is 16.0 Å². The molecule has 0 saturated carbocycles. The van der Waals surface area contributed by atoms with Crippen LogP contribution in [-0.4, -0.2) is 23.0 Å². The summed E-state index contributed by atoms with van der Waals surface area (Å²) in [6, 6.07) is 33.0. The standard InChI is InChI=1S/C32H29N3O3S/c1-22-10-9-11-24(20-22)21-29(35-31(37)25-12-5-3-6-13-25)32(38)34-27-16-18-28(19-17-27)39-23(2)30(36)33-26-14-7-4-8-15-26/h3-21,23H,1-2H3,(H,33,36)(H,34,38)(H,35,37)/b29-21-. The Labute approximate surface area is 232 Å². The molecule has 6 nitrogen and oxygen atoms in total. The molecule has 4 aromatic carbocycles. The summed E-state index contributed by atoms with van der Waals surface area (Å²) in [7, 11) is 0. The van der Waals surface area contributed by atoms with E-state index >= 15 is 0 Å². The van der Waals surface area contributed by atoms with Gasteiger partial charge in [-0.1, -0.05) is 66.2 Å². The van der Waals surface area contributed by atoms with Crippen LogP contribution >= 0.6 is 11.8 Å². The highest BCUT2D eigenvalue weighted by Crippen LogP contribution is 2.26. The predicted octanol–water partition coefficient (Wildman–Crippen LogP) is 6.52. The Balaban J connectivity index is 1.43. The molecule has 0 saturated heterocycles. The van der Waals surface area contributed by atoms with Crippen LogP contribution in [0.3, 0.4) is 0 Å². The fourth-order valence-electron chi connectivity index (χ4n) is 3.71. The lowest BCUT2D eigenvalue weighted by molar-refractivity contribution is -0.115. The molecule has 3 N–H and O–H groups in total. The zero-order chi connectivity index (χ0) is 27.6. The summed E-state index contributed by atoms with van der Waals surface area (Å²) in [5, 5.41) is 8.20. The molecule has 0 aliphatic heterocycles. The van der Waals surface area contributed by atoms with E-state index in [1.807, 2.05) is 86.6 Å². The molecule has 39 heavy (non-hydrogen) atoms. The highest BCUT2D eigenvalue weighted by molar-refractivity contribution is 8.00. The molecule has 0 radical (unpaired) electrons. The van der Waals surface area contributed by atoms with Gasteiger partial charge >= 0.3 is 0 Å². The molecule has 0 spiro atoms. The molecule has 196 valence electrons. The van der Waals surface area contributed by atoms with Crippen molar-refractivity contribution in [2.24, 2.45) is 0 Å². The Kier molecular flexibility index (Phi) is 9.32. The maximum Gasteiger partial charge on any atom is 0.272 e. The van der Waals surface area contributed by atoms with Crippen molar-refractivity contribution in [3.63, 3.8) is 0 Å². The van der Waals surface area contributed by atoms with E-state index in [0.29, 0.717) is 11.3 Å². The quantitative estimate of drug-likeness (QED) is 0.168. The first-order valence-corrected chi connectivity index (χ1v) is 13.3. The molecule has 4 aromatic rings. The largest absolute Gasteiger partial charge is 0.325 e. The minimum absolute atomic E-state index is 0.0938. The smallest absolute Gasteiger partial charge is 0.272 e. The number of anilines is 2. The Morgan fingerprint density at radius 2 is 1.38 bits per heavy atom. The zero-order valence-corrected chi connectivity index (χ0v) is 22.5. The molecule has 0 fully saturated rings. The van der Waals surface area contributed by atoms with Crippen molar-refractivity contribution in [1.82, 2.24) is 5.32 Å². The lowest BCUT2D eigenvalue weighted by Gasteiger charge is -2.13. The fourth-order valence-corrected chi connectivity index (χ4v) is 4.57. The van der Waals surface area contributed by atoms with Gasteiger partial charge in [0.2, 0.25) is 5.91 Å². The number of hydrogen-bond donors (Lipinski definition) is 3. The molecule has 7 heteroatoms. The molecule has 1 unspecified atom stereocenters. The van der Waals surface area contributed by atoms with Crippen molar-refractivity contribution in [3.05, 3.63) is 132 Å². The Morgan fingerprint density at radius 3 is 2.05 bits per heavy atom. The number of carbonyl (C=O) groups excluding carboxylic acids is 3. The highest BCUT2D eigenvalue weighted by atomic mass is 32.2. The highest BCUT2D eigenvalue weighted by Gasteiger charge is 2.17. The van der Waals surface area contributed by atoms with E-state index < -0.39 is 5.91 Å². The van der Waals surface area contributed by atoms with E-state index in [4.69, 9.17) is 0 Å². The lowest BCUT2D eigenvalue weighted by atomic mass is 10.1. The van der Waals surface area contributed by atoms with Gasteiger partial charge in [0.05, 0.1) is 5.25 Å². The van der Waals surface area contributed by atoms with Crippen molar-refractivity contribution in [1.29, 1.82) is 0 Å². The van der Waals surface area contributed by atoms with Crippen molar-refractivity contribution in [3.8, 4) is 0 Å². The number of thioether (sulfide) groups is 1. The van der Waals surface area contributed by atoms with Crippen LogP contribution < -0.4 is 16.0 Å². The normalized spacial score (nSPS) is 11.8. The topological polar surface area (TPSA) is 87.3 Å². The number of carbonyl (C=O) groups is 3. The second-order valence-corrected chi connectivity index (χ2v) is 10.3. The van der Waals surface area contributed by atoms with Crippen LogP contribution in [0.1, 0.15) is 28.4 Å². The van der Waals surface area contributed by atoms with Crippen LogP contribution in [0.2, 0.25) is 0 Å². The van der Waals surface area contributed by atoms with Gasteiger partial charge in [0.1, 0.15) is 5.70 Å². The molecule has 0 heterocycles. The molecule has 3 amide bonds. The molecule has 0 aliphatic rings. The van der Waals surface area contributed by atoms with Crippen molar-refractivity contribution < 1.29 is 14.4 Å². The van der Waals surface area contributed by atoms with Crippen molar-refractivity contribution in [2.75, 3.05) is 10.6 Å². The van der Waals surface area contributed by atoms with E-state index in [9.17, 15) is 14.4 Å². The summed E-state index contributed by atoms with van der Waals surface area (Å²) in [5.41, 5.74) is 3.73. The third kappa shape index (κ3) is 8.18. The van der Waals surface area contributed by atoms with Crippen LogP contribution in [-0.2, 0) is 9.59 Å². The van der Waals surface area contributed by atoms with E-state index in [1.54, 1.807) is 42.5 Å². The molecular weight excluding hydrogens is 506 g/mol. The number of aryl methyl sites for hydroxylation is 1. The Bertz CT molecular complexity index is 1470. The van der Waals surface area contributed by atoms with E-state index in [2.05, 4.69) is 16.0 Å². The molecule has 1 atom stereocenters. The average molecular weight is 536 g/mol. The predicted molar refractivity (Wildman–Crippen MR) is 159 cm³/mol. The maximum atomic E-state index is 13.2. The Morgan fingerprint density at radius 1 is 0.744 bits per heavy atom. The first kappa shape index (κ1) is 27.4. The second kappa shape index (κ2) is 13.3. The van der Waals surface area contributed by atoms with Crippen LogP contribution in [0, 0.1) is 6.92 Å². The molecule has 0 aliphatic carbocycles. The molecular formula is C32H29N3O3S. The first-order valence-electron chi connectivity index (χ1n) is 12.5. The number of rotatable bonds is 9. The minimum Gasteiger partial charge on any atom is -0.325 e. The lowest BCUT2D eigenvalue weighted by Crippen LogP contribution is -2.30. The third-order valence-corrected chi connectivity index (χ3v) is 6.83. The van der Waals surface area contributed by atoms with Crippen LogP contribution in [0.25, 0.3) is 6.08 Å². The fraction of sp³-hybridized carbons (Fsp3) is 0.0938. The van der Waals surface area contributed by atoms with E-state index in [0.717, 1.165) is 21.7 Å². The number of para-hydroxylation sites is 1. The third-order valence-electron chi connectivity index (χ3n) is 5.72. The summed E-state index contributed by atoms with van der Waals surface area (Å²) in [4.78, 5) is 39.5. The molecule has 0 aromatic heterocycles. The SMILES string of the molecule is Cc1cccc(/C=C(\NC(=O)c2ccccc2)C(=O)Nc2ccc(SC(C)C(=O)Nc3ccccc3)cc2)c1. The van der Waals surface area contributed by atoms with Gasteiger partial charge in [-0.2, -0.15) is 0 Å². The van der Waals surface area contributed by atoms with Crippen LogP contribution in [0.4, 0.5) is 11.4 Å². The van der Waals surface area contributed by atoms with Gasteiger partial charge in [0.25, 0.3) is 11.8 Å². The summed E-state index contributed by atoms with van der Waals surface area (Å²) >= 11 is 1.42. The average Bonchev–Trinajstić information content (AvgIpc) is 2.94. The number of benzene rings is 4. The molecule has 4 rings (SSSR count). The van der Waals surface area contributed by atoms with Gasteiger partial charge in [0.15, 0.2) is 0 Å². The van der Waals surface area contributed by atoms with Gasteiger partial charge in [0, 0.05) is 21.8 Å². The maximum absolute atomic E-state index is 13.2. The van der Waals surface area contributed by atoms with Gasteiger partial charge in [-0.05, 0) is 74.0 Å². The van der Waals surface area contributed by atoms with Gasteiger partial charge in [-0.25, -0.2) is 0 Å². The zero-order valence-electron chi connectivity index (χ0n) is 21.7. The summed E-state index contributed by atoms with van der Waals surface area (Å²) in [6.45, 7) is 3.81. The van der Waals surface area contributed by atoms with Crippen molar-refractivity contribution in [2.45, 2.75) is 24.0 Å². The van der Waals surface area contributed by atoms with E-state index in [-0.39, 0.29) is 22.8 Å². The minimum atomic E-state index is -0.447. The van der Waals surface area contributed by atoms with Gasteiger partial charge in [-0.3, -0.25) is 14.4 Å². The number of amides is 3. The summed E-state index contributed by atoms with van der Waals surface area (Å²) in [5.74, 6) is -0.917. The van der Waals surface area contributed by atoms with Gasteiger partial charge in [-0.15, -0.1) is 11.8 Å². The summed E-state index contributed by atoms with van der Waals surface area (Å²) in [6.07, 6.45) is 1.65. The number of nitrogens with one attached hydrogen (secondary N) is 3. The van der Waals surface area contributed by atoms with Crippen LogP contribution in [0.15, 0.2) is 120 Å². The van der Waals surface area contributed by atoms with Crippen LogP contribution in [0.5, 0.6) is 0 Å².